The van der Waals surface area contributed by atoms with E-state index in [4.69, 9.17) is 4.74 Å². The molecule has 1 N–H and O–H groups in total. The van der Waals surface area contributed by atoms with Crippen LogP contribution >= 0.6 is 11.3 Å². The lowest BCUT2D eigenvalue weighted by molar-refractivity contribution is 0.0857. The Morgan fingerprint density at radius 3 is 3.21 bits per heavy atom. The van der Waals surface area contributed by atoms with Crippen molar-refractivity contribution >= 4 is 17.2 Å². The number of carbonyl (C=O) groups excluding carboxylic acids is 1. The van der Waals surface area contributed by atoms with Crippen LogP contribution in [0.5, 0.6) is 0 Å². The van der Waals surface area contributed by atoms with Gasteiger partial charge in [0, 0.05) is 23.4 Å². The molecule has 0 saturated carbocycles. The van der Waals surface area contributed by atoms with Gasteiger partial charge in [0.05, 0.1) is 11.7 Å². The molecule has 104 valence electrons. The summed E-state index contributed by atoms with van der Waals surface area (Å²) in [6.45, 7) is 3.78. The normalized spacial score (nSPS) is 26.2. The second-order valence-corrected chi connectivity index (χ2v) is 6.71. The summed E-state index contributed by atoms with van der Waals surface area (Å²) in [5.41, 5.74) is 2.21. The van der Waals surface area contributed by atoms with Crippen LogP contribution in [0, 0.1) is 5.92 Å². The number of hydrogen-bond acceptors (Lipinski definition) is 3. The second kappa shape index (κ2) is 5.63. The molecule has 1 saturated heterocycles. The van der Waals surface area contributed by atoms with Crippen molar-refractivity contribution in [3.8, 4) is 0 Å². The summed E-state index contributed by atoms with van der Waals surface area (Å²) in [5.74, 6) is 0.844. The fraction of sp³-hybridized carbons (Fsp3) is 0.667. The third-order valence-corrected chi connectivity index (χ3v) is 5.21. The number of hydrogen-bond donors (Lipinski definition) is 1. The number of ether oxygens (including phenoxy) is 1. The van der Waals surface area contributed by atoms with Gasteiger partial charge in [-0.15, -0.1) is 11.3 Å². The van der Waals surface area contributed by atoms with Gasteiger partial charge in [-0.1, -0.05) is 6.92 Å². The van der Waals surface area contributed by atoms with Gasteiger partial charge < -0.3 is 10.1 Å². The van der Waals surface area contributed by atoms with E-state index in [1.807, 2.05) is 5.38 Å². The van der Waals surface area contributed by atoms with E-state index in [9.17, 15) is 4.79 Å². The molecule has 1 amide bonds. The fourth-order valence-corrected chi connectivity index (χ4v) is 4.22. The molecule has 4 heteroatoms. The summed E-state index contributed by atoms with van der Waals surface area (Å²) < 4.78 is 5.54. The van der Waals surface area contributed by atoms with Gasteiger partial charge in [-0.05, 0) is 43.6 Å². The smallest absolute Gasteiger partial charge is 0.252 e. The van der Waals surface area contributed by atoms with Gasteiger partial charge in [0.1, 0.15) is 0 Å². The van der Waals surface area contributed by atoms with E-state index in [0.29, 0.717) is 6.54 Å². The lowest BCUT2D eigenvalue weighted by atomic mass is 9.88. The van der Waals surface area contributed by atoms with Crippen LogP contribution in [-0.2, 0) is 17.6 Å². The molecule has 0 aromatic carbocycles. The van der Waals surface area contributed by atoms with Crippen molar-refractivity contribution in [1.29, 1.82) is 0 Å². The van der Waals surface area contributed by atoms with Gasteiger partial charge in [-0.25, -0.2) is 0 Å². The first-order valence-electron chi connectivity index (χ1n) is 7.23. The molecule has 0 unspecified atom stereocenters. The average Bonchev–Trinajstić information content (AvgIpc) is 3.04. The molecule has 0 spiro atoms. The van der Waals surface area contributed by atoms with Crippen LogP contribution in [0.15, 0.2) is 5.38 Å². The number of nitrogens with one attached hydrogen (secondary N) is 1. The SMILES string of the molecule is C[C@@H]1CCc2c(C(=O)NC[C@H]3CCCO3)csc2C1. The van der Waals surface area contributed by atoms with Crippen LogP contribution in [-0.4, -0.2) is 25.2 Å². The van der Waals surface area contributed by atoms with Crippen LogP contribution in [0.2, 0.25) is 0 Å². The first kappa shape index (κ1) is 13.1. The van der Waals surface area contributed by atoms with Crippen molar-refractivity contribution in [2.45, 2.75) is 45.1 Å². The number of carbonyl (C=O) groups is 1. The van der Waals surface area contributed by atoms with Gasteiger partial charge in [-0.2, -0.15) is 0 Å². The molecule has 3 nitrogen and oxygen atoms in total. The van der Waals surface area contributed by atoms with E-state index in [1.165, 1.54) is 16.9 Å². The van der Waals surface area contributed by atoms with E-state index in [-0.39, 0.29) is 12.0 Å². The molecule has 0 bridgehead atoms. The lowest BCUT2D eigenvalue weighted by Crippen LogP contribution is -2.32. The summed E-state index contributed by atoms with van der Waals surface area (Å²) in [6, 6.07) is 0. The highest BCUT2D eigenvalue weighted by Crippen LogP contribution is 2.32. The zero-order chi connectivity index (χ0) is 13.2. The maximum Gasteiger partial charge on any atom is 0.252 e. The molecule has 2 heterocycles. The molecule has 0 radical (unpaired) electrons. The Labute approximate surface area is 118 Å². The monoisotopic (exact) mass is 279 g/mol. The van der Waals surface area contributed by atoms with Gasteiger partial charge in [-0.3, -0.25) is 4.79 Å². The highest BCUT2D eigenvalue weighted by molar-refractivity contribution is 7.10. The Balaban J connectivity index is 1.63. The van der Waals surface area contributed by atoms with Crippen LogP contribution in [0.4, 0.5) is 0 Å². The van der Waals surface area contributed by atoms with E-state index in [2.05, 4.69) is 12.2 Å². The molecule has 19 heavy (non-hydrogen) atoms. The Bertz CT molecular complexity index is 463. The largest absolute Gasteiger partial charge is 0.376 e. The van der Waals surface area contributed by atoms with Crippen molar-refractivity contribution in [2.24, 2.45) is 5.92 Å². The predicted octanol–water partition coefficient (Wildman–Crippen LogP) is 2.78. The van der Waals surface area contributed by atoms with Crippen molar-refractivity contribution in [2.75, 3.05) is 13.2 Å². The van der Waals surface area contributed by atoms with Gasteiger partial charge in [0.2, 0.25) is 0 Å². The summed E-state index contributed by atoms with van der Waals surface area (Å²) in [6.07, 6.45) is 5.81. The third kappa shape index (κ3) is 2.84. The van der Waals surface area contributed by atoms with Crippen LogP contribution in [0.3, 0.4) is 0 Å². The van der Waals surface area contributed by atoms with Crippen LogP contribution in [0.1, 0.15) is 47.0 Å². The third-order valence-electron chi connectivity index (χ3n) is 4.16. The summed E-state index contributed by atoms with van der Waals surface area (Å²) in [4.78, 5) is 13.7. The van der Waals surface area contributed by atoms with Crippen LogP contribution in [0.25, 0.3) is 0 Å². The topological polar surface area (TPSA) is 38.3 Å². The van der Waals surface area contributed by atoms with Crippen molar-refractivity contribution < 1.29 is 9.53 Å². The van der Waals surface area contributed by atoms with E-state index in [1.54, 1.807) is 11.3 Å². The Kier molecular flexibility index (Phi) is 3.89. The highest BCUT2D eigenvalue weighted by atomic mass is 32.1. The summed E-state index contributed by atoms with van der Waals surface area (Å²) in [5, 5.41) is 5.07. The minimum atomic E-state index is 0.0857. The molecule has 3 rings (SSSR count). The molecule has 1 fully saturated rings. The van der Waals surface area contributed by atoms with E-state index < -0.39 is 0 Å². The molecular weight excluding hydrogens is 258 g/mol. The number of thiophene rings is 1. The Morgan fingerprint density at radius 1 is 1.53 bits per heavy atom. The Morgan fingerprint density at radius 2 is 2.42 bits per heavy atom. The highest BCUT2D eigenvalue weighted by Gasteiger charge is 2.24. The molecular formula is C15H21NO2S. The predicted molar refractivity (Wildman–Crippen MR) is 76.8 cm³/mol. The second-order valence-electron chi connectivity index (χ2n) is 5.74. The first-order chi connectivity index (χ1) is 9.24. The Hall–Kier alpha value is -0.870. The number of amides is 1. The van der Waals surface area contributed by atoms with E-state index in [0.717, 1.165) is 43.8 Å². The number of rotatable bonds is 3. The van der Waals surface area contributed by atoms with E-state index >= 15 is 0 Å². The molecule has 2 atom stereocenters. The van der Waals surface area contributed by atoms with Crippen molar-refractivity contribution in [3.63, 3.8) is 0 Å². The van der Waals surface area contributed by atoms with Crippen LogP contribution < -0.4 is 5.32 Å². The quantitative estimate of drug-likeness (QED) is 0.924. The maximum atomic E-state index is 12.3. The molecule has 1 aromatic heterocycles. The average molecular weight is 279 g/mol. The van der Waals surface area contributed by atoms with Gasteiger partial charge in [0.25, 0.3) is 5.91 Å². The molecule has 2 aliphatic rings. The van der Waals surface area contributed by atoms with Gasteiger partial charge >= 0.3 is 0 Å². The fourth-order valence-electron chi connectivity index (χ4n) is 2.97. The molecule has 1 aromatic rings. The zero-order valence-corrected chi connectivity index (χ0v) is 12.2. The first-order valence-corrected chi connectivity index (χ1v) is 8.11. The summed E-state index contributed by atoms with van der Waals surface area (Å²) in [7, 11) is 0. The summed E-state index contributed by atoms with van der Waals surface area (Å²) >= 11 is 1.75. The number of fused-ring (bicyclic) bond motifs is 1. The standard InChI is InChI=1S/C15H21NO2S/c1-10-4-5-12-13(9-19-14(12)7-10)15(17)16-8-11-3-2-6-18-11/h9-11H,2-8H2,1H3,(H,16,17)/t10-,11-/m1/s1. The molecule has 1 aliphatic heterocycles. The van der Waals surface area contributed by atoms with Crippen molar-refractivity contribution in [3.05, 3.63) is 21.4 Å². The minimum absolute atomic E-state index is 0.0857. The lowest BCUT2D eigenvalue weighted by Gasteiger charge is -2.19. The van der Waals surface area contributed by atoms with Crippen molar-refractivity contribution in [1.82, 2.24) is 5.32 Å². The minimum Gasteiger partial charge on any atom is -0.376 e. The van der Waals surface area contributed by atoms with Gasteiger partial charge in [0.15, 0.2) is 0 Å². The maximum absolute atomic E-state index is 12.3. The zero-order valence-electron chi connectivity index (χ0n) is 11.4. The molecule has 1 aliphatic carbocycles.